The number of halogens is 1. The van der Waals surface area contributed by atoms with Crippen LogP contribution in [0, 0.1) is 5.92 Å². The number of pyridine rings is 1. The number of nitrogens with one attached hydrogen (secondary N) is 1. The average Bonchev–Trinajstić information content (AvgIpc) is 2.82. The lowest BCUT2D eigenvalue weighted by atomic mass is 10.0. The number of rotatable bonds is 5. The molecule has 0 aliphatic heterocycles. The van der Waals surface area contributed by atoms with Gasteiger partial charge in [0.05, 0.1) is 23.3 Å². The molecule has 0 radical (unpaired) electrons. The minimum atomic E-state index is -0.133. The van der Waals surface area contributed by atoms with Gasteiger partial charge in [0, 0.05) is 32.2 Å². The highest BCUT2D eigenvalue weighted by atomic mass is 35.5. The van der Waals surface area contributed by atoms with Gasteiger partial charge >= 0.3 is 6.03 Å². The highest BCUT2D eigenvalue weighted by Gasteiger charge is 2.21. The SMILES string of the molecule is CC(C)[C@@H](NC(=O)N(C)Cc1cc(Cl)cn1C)c1ccccn1. The first-order valence-corrected chi connectivity index (χ1v) is 7.99. The molecule has 5 nitrogen and oxygen atoms in total. The Labute approximate surface area is 142 Å². The summed E-state index contributed by atoms with van der Waals surface area (Å²) >= 11 is 5.99. The van der Waals surface area contributed by atoms with Crippen molar-refractivity contribution in [1.82, 2.24) is 19.8 Å². The molecule has 124 valence electrons. The van der Waals surface area contributed by atoms with E-state index < -0.39 is 0 Å². The van der Waals surface area contributed by atoms with Gasteiger partial charge in [0.25, 0.3) is 0 Å². The summed E-state index contributed by atoms with van der Waals surface area (Å²) in [6.07, 6.45) is 3.57. The fraction of sp³-hybridized carbons (Fsp3) is 0.412. The van der Waals surface area contributed by atoms with Crippen molar-refractivity contribution in [2.45, 2.75) is 26.4 Å². The Morgan fingerprint density at radius 3 is 2.70 bits per heavy atom. The van der Waals surface area contributed by atoms with Crippen molar-refractivity contribution in [2.24, 2.45) is 13.0 Å². The van der Waals surface area contributed by atoms with Crippen molar-refractivity contribution >= 4 is 17.6 Å². The highest BCUT2D eigenvalue weighted by molar-refractivity contribution is 6.30. The maximum absolute atomic E-state index is 12.5. The van der Waals surface area contributed by atoms with Crippen LogP contribution in [-0.2, 0) is 13.6 Å². The van der Waals surface area contributed by atoms with Crippen LogP contribution < -0.4 is 5.32 Å². The number of hydrogen-bond acceptors (Lipinski definition) is 2. The quantitative estimate of drug-likeness (QED) is 0.908. The molecule has 0 aliphatic carbocycles. The summed E-state index contributed by atoms with van der Waals surface area (Å²) in [6, 6.07) is 7.34. The van der Waals surface area contributed by atoms with Crippen LogP contribution >= 0.6 is 11.6 Å². The van der Waals surface area contributed by atoms with Gasteiger partial charge in [-0.25, -0.2) is 4.79 Å². The third kappa shape index (κ3) is 4.48. The Bertz CT molecular complexity index is 654. The third-order valence-electron chi connectivity index (χ3n) is 3.77. The van der Waals surface area contributed by atoms with Crippen LogP contribution in [-0.4, -0.2) is 27.5 Å². The van der Waals surface area contributed by atoms with E-state index in [1.54, 1.807) is 18.1 Å². The second-order valence-corrected chi connectivity index (χ2v) is 6.48. The molecular weight excluding hydrogens is 312 g/mol. The average molecular weight is 335 g/mol. The van der Waals surface area contributed by atoms with E-state index in [2.05, 4.69) is 24.1 Å². The van der Waals surface area contributed by atoms with Gasteiger partial charge < -0.3 is 14.8 Å². The Hall–Kier alpha value is -2.01. The van der Waals surface area contributed by atoms with Crippen LogP contribution in [0.3, 0.4) is 0 Å². The zero-order valence-corrected chi connectivity index (χ0v) is 14.7. The predicted octanol–water partition coefficient (Wildman–Crippen LogP) is 3.61. The number of aryl methyl sites for hydroxylation is 1. The molecule has 2 heterocycles. The smallest absolute Gasteiger partial charge is 0.318 e. The fourth-order valence-corrected chi connectivity index (χ4v) is 2.70. The Kier molecular flexibility index (Phi) is 5.66. The Morgan fingerprint density at radius 2 is 2.17 bits per heavy atom. The van der Waals surface area contributed by atoms with Crippen molar-refractivity contribution in [3.05, 3.63) is 53.1 Å². The molecule has 23 heavy (non-hydrogen) atoms. The van der Waals surface area contributed by atoms with Crippen molar-refractivity contribution in [3.63, 3.8) is 0 Å². The summed E-state index contributed by atoms with van der Waals surface area (Å²) in [6.45, 7) is 4.62. The van der Waals surface area contributed by atoms with E-state index in [1.165, 1.54) is 0 Å². The van der Waals surface area contributed by atoms with Crippen LogP contribution in [0.4, 0.5) is 4.79 Å². The second kappa shape index (κ2) is 7.51. The van der Waals surface area contributed by atoms with Gasteiger partial charge in [0.2, 0.25) is 0 Å². The van der Waals surface area contributed by atoms with Crippen LogP contribution in [0.1, 0.15) is 31.3 Å². The van der Waals surface area contributed by atoms with E-state index in [0.29, 0.717) is 11.6 Å². The lowest BCUT2D eigenvalue weighted by Crippen LogP contribution is -2.41. The van der Waals surface area contributed by atoms with Gasteiger partial charge in [-0.15, -0.1) is 0 Å². The zero-order chi connectivity index (χ0) is 17.0. The zero-order valence-electron chi connectivity index (χ0n) is 14.0. The molecule has 0 aromatic carbocycles. The number of carbonyl (C=O) groups excluding carboxylic acids is 1. The molecule has 0 saturated heterocycles. The van der Waals surface area contributed by atoms with E-state index in [1.807, 2.05) is 42.1 Å². The number of aromatic nitrogens is 2. The summed E-state index contributed by atoms with van der Waals surface area (Å²) in [5.41, 5.74) is 1.85. The van der Waals surface area contributed by atoms with E-state index in [4.69, 9.17) is 11.6 Å². The third-order valence-corrected chi connectivity index (χ3v) is 3.98. The van der Waals surface area contributed by atoms with Crippen LogP contribution in [0.25, 0.3) is 0 Å². The number of hydrogen-bond donors (Lipinski definition) is 1. The lowest BCUT2D eigenvalue weighted by molar-refractivity contribution is 0.197. The van der Waals surface area contributed by atoms with Gasteiger partial charge in [0.15, 0.2) is 0 Å². The van der Waals surface area contributed by atoms with Gasteiger partial charge in [-0.05, 0) is 24.1 Å². The van der Waals surface area contributed by atoms with Crippen LogP contribution in [0.5, 0.6) is 0 Å². The number of amides is 2. The van der Waals surface area contributed by atoms with Gasteiger partial charge in [-0.2, -0.15) is 0 Å². The Balaban J connectivity index is 2.05. The van der Waals surface area contributed by atoms with Crippen molar-refractivity contribution in [2.75, 3.05) is 7.05 Å². The van der Waals surface area contributed by atoms with Crippen molar-refractivity contribution in [3.8, 4) is 0 Å². The first-order valence-electron chi connectivity index (χ1n) is 7.61. The number of nitrogens with zero attached hydrogens (tertiary/aromatic N) is 3. The monoisotopic (exact) mass is 334 g/mol. The molecule has 0 unspecified atom stereocenters. The Morgan fingerprint density at radius 1 is 1.43 bits per heavy atom. The van der Waals surface area contributed by atoms with E-state index in [9.17, 15) is 4.79 Å². The first kappa shape index (κ1) is 17.3. The molecule has 6 heteroatoms. The minimum absolute atomic E-state index is 0.122. The summed E-state index contributed by atoms with van der Waals surface area (Å²) in [7, 11) is 3.68. The normalized spacial score (nSPS) is 12.3. The molecule has 2 aromatic rings. The summed E-state index contributed by atoms with van der Waals surface area (Å²) in [4.78, 5) is 18.5. The number of carbonyl (C=O) groups is 1. The maximum Gasteiger partial charge on any atom is 0.318 e. The summed E-state index contributed by atoms with van der Waals surface area (Å²) in [5, 5.41) is 3.73. The predicted molar refractivity (Wildman–Crippen MR) is 92.2 cm³/mol. The number of urea groups is 1. The fourth-order valence-electron chi connectivity index (χ4n) is 2.42. The lowest BCUT2D eigenvalue weighted by Gasteiger charge is -2.26. The molecule has 0 bridgehead atoms. The molecular formula is C17H23ClN4O. The topological polar surface area (TPSA) is 50.2 Å². The molecule has 1 atom stereocenters. The molecule has 2 aromatic heterocycles. The van der Waals surface area contributed by atoms with E-state index in [-0.39, 0.29) is 18.0 Å². The molecule has 2 rings (SSSR count). The van der Waals surface area contributed by atoms with Gasteiger partial charge in [-0.1, -0.05) is 31.5 Å². The molecule has 0 spiro atoms. The van der Waals surface area contributed by atoms with Crippen molar-refractivity contribution in [1.29, 1.82) is 0 Å². The highest BCUT2D eigenvalue weighted by Crippen LogP contribution is 2.20. The molecule has 0 saturated carbocycles. The summed E-state index contributed by atoms with van der Waals surface area (Å²) in [5.74, 6) is 0.242. The minimum Gasteiger partial charge on any atom is -0.351 e. The van der Waals surface area contributed by atoms with E-state index in [0.717, 1.165) is 11.4 Å². The molecule has 2 amide bonds. The molecule has 1 N–H and O–H groups in total. The van der Waals surface area contributed by atoms with Crippen LogP contribution in [0.15, 0.2) is 36.7 Å². The van der Waals surface area contributed by atoms with Gasteiger partial charge in [0.1, 0.15) is 0 Å². The maximum atomic E-state index is 12.5. The van der Waals surface area contributed by atoms with Crippen molar-refractivity contribution < 1.29 is 4.79 Å². The van der Waals surface area contributed by atoms with E-state index >= 15 is 0 Å². The summed E-state index contributed by atoms with van der Waals surface area (Å²) < 4.78 is 1.92. The second-order valence-electron chi connectivity index (χ2n) is 6.04. The molecule has 0 aliphatic rings. The van der Waals surface area contributed by atoms with Crippen LogP contribution in [0.2, 0.25) is 5.02 Å². The largest absolute Gasteiger partial charge is 0.351 e. The van der Waals surface area contributed by atoms with Gasteiger partial charge in [-0.3, -0.25) is 4.98 Å². The molecule has 0 fully saturated rings. The standard InChI is InChI=1S/C17H23ClN4O/c1-12(2)16(15-7-5-6-8-19-15)20-17(23)22(4)11-14-9-13(18)10-21(14)3/h5-10,12,16H,11H2,1-4H3,(H,20,23)/t16-/m1/s1. The first-order chi connectivity index (χ1) is 10.9.